The largest absolute Gasteiger partial charge is 0.488 e. The number of aryl methyl sites for hydroxylation is 1. The maximum atomic E-state index is 13.1. The highest BCUT2D eigenvalue weighted by atomic mass is 35.5. The Labute approximate surface area is 211 Å². The fraction of sp³-hybridized carbons (Fsp3) is 0.375. The van der Waals surface area contributed by atoms with Crippen molar-refractivity contribution in [3.8, 4) is 23.2 Å². The van der Waals surface area contributed by atoms with Gasteiger partial charge < -0.3 is 29.0 Å². The molecule has 0 radical (unpaired) electrons. The first-order valence-electron chi connectivity index (χ1n) is 11.4. The van der Waals surface area contributed by atoms with Crippen molar-refractivity contribution >= 4 is 23.6 Å². The van der Waals surface area contributed by atoms with Gasteiger partial charge >= 0.3 is 6.09 Å². The Morgan fingerprint density at radius 1 is 1.28 bits per heavy atom. The maximum absolute atomic E-state index is 13.1. The summed E-state index contributed by atoms with van der Waals surface area (Å²) in [5, 5.41) is 7.33. The molecule has 1 aromatic carbocycles. The number of carbonyl (C=O) groups is 2. The molecule has 2 fully saturated rings. The Morgan fingerprint density at radius 2 is 2.08 bits per heavy atom. The molecule has 0 unspecified atom stereocenters. The van der Waals surface area contributed by atoms with Crippen molar-refractivity contribution in [1.82, 2.24) is 25.3 Å². The van der Waals surface area contributed by atoms with Crippen LogP contribution in [0.4, 0.5) is 4.79 Å². The number of nitrogens with one attached hydrogen (secondary N) is 1. The zero-order valence-corrected chi connectivity index (χ0v) is 20.4. The number of piperidine rings is 1. The summed E-state index contributed by atoms with van der Waals surface area (Å²) in [4.78, 5) is 35.4. The van der Waals surface area contributed by atoms with Crippen molar-refractivity contribution in [3.63, 3.8) is 0 Å². The second kappa shape index (κ2) is 10.0. The molecule has 12 heteroatoms. The number of hydrogen-bond donors (Lipinski definition) is 1. The van der Waals surface area contributed by atoms with Crippen molar-refractivity contribution in [1.29, 1.82) is 0 Å². The van der Waals surface area contributed by atoms with Crippen molar-refractivity contribution in [3.05, 3.63) is 52.3 Å². The summed E-state index contributed by atoms with van der Waals surface area (Å²) < 4.78 is 22.2. The minimum atomic E-state index is -0.392. The first-order valence-corrected chi connectivity index (χ1v) is 11.8. The highest BCUT2D eigenvalue weighted by Gasteiger charge is 2.39. The van der Waals surface area contributed by atoms with E-state index in [-0.39, 0.29) is 47.8 Å². The molecule has 36 heavy (non-hydrogen) atoms. The van der Waals surface area contributed by atoms with Gasteiger partial charge in [0.15, 0.2) is 17.3 Å². The SMILES string of the molecule is COc1nc(-c2nc(C)no2)c(O[C@H]2CCN3C(=O)OC[C@@H]3C2)cc1C(=O)NCc1ccc(Cl)cc1. The molecule has 2 aliphatic heterocycles. The topological polar surface area (TPSA) is 129 Å². The van der Waals surface area contributed by atoms with Gasteiger partial charge in [-0.2, -0.15) is 4.98 Å². The summed E-state index contributed by atoms with van der Waals surface area (Å²) in [6.45, 7) is 2.82. The highest BCUT2D eigenvalue weighted by molar-refractivity contribution is 6.30. The highest BCUT2D eigenvalue weighted by Crippen LogP contribution is 2.35. The predicted octanol–water partition coefficient (Wildman–Crippen LogP) is 3.39. The molecule has 5 rings (SSSR count). The van der Waals surface area contributed by atoms with Crippen LogP contribution in [0.15, 0.2) is 34.9 Å². The van der Waals surface area contributed by atoms with Gasteiger partial charge in [0.25, 0.3) is 11.8 Å². The number of fused-ring (bicyclic) bond motifs is 1. The Hall–Kier alpha value is -3.86. The van der Waals surface area contributed by atoms with Gasteiger partial charge in [-0.05, 0) is 24.6 Å². The summed E-state index contributed by atoms with van der Waals surface area (Å²) in [5.41, 5.74) is 1.34. The van der Waals surface area contributed by atoms with Crippen LogP contribution in [0.2, 0.25) is 5.02 Å². The molecule has 0 bridgehead atoms. The van der Waals surface area contributed by atoms with Crippen LogP contribution < -0.4 is 14.8 Å². The molecule has 2 amide bonds. The van der Waals surface area contributed by atoms with Crippen molar-refractivity contribution in [2.24, 2.45) is 0 Å². The van der Waals surface area contributed by atoms with Gasteiger partial charge in [-0.1, -0.05) is 28.9 Å². The number of methoxy groups -OCH3 is 1. The Kier molecular flexibility index (Phi) is 6.64. The van der Waals surface area contributed by atoms with E-state index in [0.29, 0.717) is 42.6 Å². The number of carbonyl (C=O) groups excluding carboxylic acids is 2. The molecule has 2 atom stereocenters. The number of benzene rings is 1. The minimum Gasteiger partial charge on any atom is -0.488 e. The molecule has 11 nitrogen and oxygen atoms in total. The lowest BCUT2D eigenvalue weighted by molar-refractivity contribution is 0.0911. The van der Waals surface area contributed by atoms with Crippen LogP contribution in [-0.4, -0.2) is 64.4 Å². The molecule has 2 aromatic heterocycles. The Bertz CT molecular complexity index is 1280. The predicted molar refractivity (Wildman–Crippen MR) is 127 cm³/mol. The van der Waals surface area contributed by atoms with E-state index >= 15 is 0 Å². The number of ether oxygens (including phenoxy) is 3. The molecule has 2 saturated heterocycles. The van der Waals surface area contributed by atoms with E-state index < -0.39 is 5.91 Å². The summed E-state index contributed by atoms with van der Waals surface area (Å²) in [6, 6.07) is 8.69. The number of hydrogen-bond acceptors (Lipinski definition) is 9. The van der Waals surface area contributed by atoms with E-state index in [2.05, 4.69) is 20.4 Å². The van der Waals surface area contributed by atoms with E-state index in [9.17, 15) is 9.59 Å². The fourth-order valence-electron chi connectivity index (χ4n) is 4.26. The van der Waals surface area contributed by atoms with Gasteiger partial charge in [-0.25, -0.2) is 9.78 Å². The third-order valence-electron chi connectivity index (χ3n) is 6.08. The minimum absolute atomic E-state index is 0.0568. The van der Waals surface area contributed by atoms with Gasteiger partial charge in [0.05, 0.1) is 13.2 Å². The Balaban J connectivity index is 1.42. The molecule has 2 aliphatic rings. The van der Waals surface area contributed by atoms with E-state index in [1.54, 1.807) is 30.0 Å². The summed E-state index contributed by atoms with van der Waals surface area (Å²) in [6.07, 6.45) is 0.644. The molecule has 0 aliphatic carbocycles. The van der Waals surface area contributed by atoms with E-state index in [0.717, 1.165) is 5.56 Å². The number of amides is 2. The standard InChI is InChI=1S/C24H24ClN5O6/c1-13-27-23(36-29-13)20-19(35-17-7-8-30-16(9-17)12-34-24(30)32)10-18(22(28-20)33-2)21(31)26-11-14-3-5-15(25)6-4-14/h3-6,10,16-17H,7-9,11-12H2,1-2H3,(H,26,31)/t16-,17-/m0/s1. The number of rotatable bonds is 7. The average molecular weight is 514 g/mol. The molecular formula is C24H24ClN5O6. The third kappa shape index (κ3) is 4.92. The van der Waals surface area contributed by atoms with Crippen molar-refractivity contribution in [2.45, 2.75) is 38.5 Å². The molecule has 188 valence electrons. The fourth-order valence-corrected chi connectivity index (χ4v) is 4.39. The summed E-state index contributed by atoms with van der Waals surface area (Å²) >= 11 is 5.94. The molecular weight excluding hydrogens is 490 g/mol. The van der Waals surface area contributed by atoms with Crippen LogP contribution in [-0.2, 0) is 11.3 Å². The maximum Gasteiger partial charge on any atom is 0.410 e. The lowest BCUT2D eigenvalue weighted by Crippen LogP contribution is -2.44. The zero-order chi connectivity index (χ0) is 25.2. The molecule has 1 N–H and O–H groups in total. The number of aromatic nitrogens is 3. The zero-order valence-electron chi connectivity index (χ0n) is 19.7. The monoisotopic (exact) mass is 513 g/mol. The van der Waals surface area contributed by atoms with Gasteiger partial charge in [-0.3, -0.25) is 4.79 Å². The van der Waals surface area contributed by atoms with Crippen LogP contribution >= 0.6 is 11.6 Å². The molecule has 0 saturated carbocycles. The molecule has 4 heterocycles. The quantitative estimate of drug-likeness (QED) is 0.505. The lowest BCUT2D eigenvalue weighted by Gasteiger charge is -2.32. The van der Waals surface area contributed by atoms with Crippen LogP contribution in [0, 0.1) is 6.92 Å². The van der Waals surface area contributed by atoms with E-state index in [4.69, 9.17) is 30.3 Å². The van der Waals surface area contributed by atoms with Crippen molar-refractivity contribution < 1.29 is 28.3 Å². The van der Waals surface area contributed by atoms with Gasteiger partial charge in [0, 0.05) is 37.0 Å². The first kappa shape index (κ1) is 23.9. The number of pyridine rings is 1. The number of halogens is 1. The second-order valence-corrected chi connectivity index (χ2v) is 8.97. The Morgan fingerprint density at radius 3 is 2.81 bits per heavy atom. The number of cyclic esters (lactones) is 1. The van der Waals surface area contributed by atoms with Gasteiger partial charge in [0.1, 0.15) is 18.3 Å². The molecule has 3 aromatic rings. The van der Waals surface area contributed by atoms with E-state index in [1.165, 1.54) is 7.11 Å². The van der Waals surface area contributed by atoms with Gasteiger partial charge in [0.2, 0.25) is 5.88 Å². The average Bonchev–Trinajstić information content (AvgIpc) is 3.48. The summed E-state index contributed by atoms with van der Waals surface area (Å²) in [5.74, 6) is 0.574. The normalized spacial score (nSPS) is 19.0. The van der Waals surface area contributed by atoms with E-state index in [1.807, 2.05) is 12.1 Å². The second-order valence-electron chi connectivity index (χ2n) is 8.54. The summed E-state index contributed by atoms with van der Waals surface area (Å²) in [7, 11) is 1.43. The van der Waals surface area contributed by atoms with Crippen LogP contribution in [0.1, 0.15) is 34.6 Å². The first-order chi connectivity index (χ1) is 17.4. The van der Waals surface area contributed by atoms with Crippen LogP contribution in [0.25, 0.3) is 11.6 Å². The smallest absolute Gasteiger partial charge is 0.410 e. The van der Waals surface area contributed by atoms with Crippen LogP contribution in [0.5, 0.6) is 11.6 Å². The third-order valence-corrected chi connectivity index (χ3v) is 6.33. The van der Waals surface area contributed by atoms with Crippen molar-refractivity contribution in [2.75, 3.05) is 20.3 Å². The van der Waals surface area contributed by atoms with Gasteiger partial charge in [-0.15, -0.1) is 0 Å². The lowest BCUT2D eigenvalue weighted by atomic mass is 10.0. The molecule has 0 spiro atoms. The number of nitrogens with zero attached hydrogens (tertiary/aromatic N) is 4. The van der Waals surface area contributed by atoms with Crippen LogP contribution in [0.3, 0.4) is 0 Å².